The summed E-state index contributed by atoms with van der Waals surface area (Å²) in [6.45, 7) is 0. The molecule has 0 fully saturated rings. The molecular formula is C11H9NO. The SMILES string of the molecule is O=C1/C=C\C2C=CC=C/C2=C/C=N1. The Bertz CT molecular complexity index is 370. The number of amides is 1. The van der Waals surface area contributed by atoms with E-state index in [9.17, 15) is 4.79 Å². The van der Waals surface area contributed by atoms with Crippen molar-refractivity contribution in [3.63, 3.8) is 0 Å². The summed E-state index contributed by atoms with van der Waals surface area (Å²) in [6.07, 6.45) is 14.8. The minimum Gasteiger partial charge on any atom is -0.267 e. The van der Waals surface area contributed by atoms with E-state index in [4.69, 9.17) is 0 Å². The Kier molecular flexibility index (Phi) is 2.04. The van der Waals surface area contributed by atoms with Crippen LogP contribution in [0.2, 0.25) is 0 Å². The molecule has 0 bridgehead atoms. The van der Waals surface area contributed by atoms with E-state index in [1.165, 1.54) is 6.08 Å². The van der Waals surface area contributed by atoms with Crippen LogP contribution in [-0.2, 0) is 4.79 Å². The quantitative estimate of drug-likeness (QED) is 0.546. The highest BCUT2D eigenvalue weighted by Crippen LogP contribution is 2.20. The van der Waals surface area contributed by atoms with E-state index in [1.54, 1.807) is 6.21 Å². The highest BCUT2D eigenvalue weighted by molar-refractivity contribution is 5.96. The Labute approximate surface area is 76.7 Å². The van der Waals surface area contributed by atoms with E-state index in [2.05, 4.69) is 11.1 Å². The van der Waals surface area contributed by atoms with Crippen LogP contribution in [0.3, 0.4) is 0 Å². The number of allylic oxidation sites excluding steroid dienone is 7. The van der Waals surface area contributed by atoms with Crippen LogP contribution in [0.5, 0.6) is 0 Å². The maximum atomic E-state index is 11.0. The third kappa shape index (κ3) is 1.72. The maximum absolute atomic E-state index is 11.0. The van der Waals surface area contributed by atoms with Crippen LogP contribution in [0, 0.1) is 5.92 Å². The second kappa shape index (κ2) is 3.35. The third-order valence-electron chi connectivity index (χ3n) is 2.02. The van der Waals surface area contributed by atoms with E-state index >= 15 is 0 Å². The summed E-state index contributed by atoms with van der Waals surface area (Å²) in [5, 5.41) is 0. The minimum atomic E-state index is -0.196. The molecule has 0 spiro atoms. The highest BCUT2D eigenvalue weighted by atomic mass is 16.1. The minimum absolute atomic E-state index is 0.196. The average molecular weight is 171 g/mol. The summed E-state index contributed by atoms with van der Waals surface area (Å²) in [5.74, 6) is 0.0268. The van der Waals surface area contributed by atoms with E-state index in [-0.39, 0.29) is 11.8 Å². The van der Waals surface area contributed by atoms with Gasteiger partial charge >= 0.3 is 0 Å². The van der Waals surface area contributed by atoms with Gasteiger partial charge in [-0.15, -0.1) is 0 Å². The zero-order chi connectivity index (χ0) is 9.10. The van der Waals surface area contributed by atoms with Gasteiger partial charge in [-0.3, -0.25) is 4.79 Å². The summed E-state index contributed by atoms with van der Waals surface area (Å²) < 4.78 is 0. The Balaban J connectivity index is 2.39. The molecule has 1 amide bonds. The molecule has 0 aromatic rings. The normalized spacial score (nSPS) is 31.5. The molecule has 1 aliphatic carbocycles. The van der Waals surface area contributed by atoms with E-state index in [0.29, 0.717) is 0 Å². The Morgan fingerprint density at radius 2 is 2.08 bits per heavy atom. The molecule has 2 nitrogen and oxygen atoms in total. The lowest BCUT2D eigenvalue weighted by molar-refractivity contribution is -0.113. The first-order valence-electron chi connectivity index (χ1n) is 4.17. The summed E-state index contributed by atoms with van der Waals surface area (Å²) in [7, 11) is 0. The second-order valence-electron chi connectivity index (χ2n) is 2.91. The van der Waals surface area contributed by atoms with Crippen molar-refractivity contribution in [3.05, 3.63) is 48.1 Å². The lowest BCUT2D eigenvalue weighted by atomic mass is 9.93. The number of fused-ring (bicyclic) bond motifs is 1. The predicted molar refractivity (Wildman–Crippen MR) is 52.5 cm³/mol. The average Bonchev–Trinajstić information content (AvgIpc) is 2.13. The lowest BCUT2D eigenvalue weighted by Gasteiger charge is -2.12. The van der Waals surface area contributed by atoms with Crippen molar-refractivity contribution >= 4 is 12.1 Å². The zero-order valence-electron chi connectivity index (χ0n) is 7.05. The summed E-state index contributed by atoms with van der Waals surface area (Å²) >= 11 is 0. The number of aliphatic imine (C=N–C) groups is 1. The fourth-order valence-corrected chi connectivity index (χ4v) is 1.34. The van der Waals surface area contributed by atoms with Gasteiger partial charge in [0.05, 0.1) is 0 Å². The smallest absolute Gasteiger partial charge is 0.267 e. The van der Waals surface area contributed by atoms with Crippen LogP contribution in [0.4, 0.5) is 0 Å². The molecule has 2 rings (SSSR count). The van der Waals surface area contributed by atoms with Crippen molar-refractivity contribution in [2.45, 2.75) is 0 Å². The molecule has 0 N–H and O–H groups in total. The number of rotatable bonds is 0. The molecule has 1 unspecified atom stereocenters. The first-order chi connectivity index (χ1) is 6.36. The molecule has 0 radical (unpaired) electrons. The largest absolute Gasteiger partial charge is 0.269 e. The van der Waals surface area contributed by atoms with Crippen molar-refractivity contribution in [2.24, 2.45) is 10.9 Å². The molecule has 1 atom stereocenters. The molecule has 0 aromatic heterocycles. The van der Waals surface area contributed by atoms with Gasteiger partial charge in [0, 0.05) is 18.2 Å². The second-order valence-corrected chi connectivity index (χ2v) is 2.91. The van der Waals surface area contributed by atoms with Gasteiger partial charge in [0.2, 0.25) is 0 Å². The van der Waals surface area contributed by atoms with Crippen molar-refractivity contribution in [3.8, 4) is 0 Å². The monoisotopic (exact) mass is 171 g/mol. The lowest BCUT2D eigenvalue weighted by Crippen LogP contribution is -2.02. The number of hydrogen-bond donors (Lipinski definition) is 0. The van der Waals surface area contributed by atoms with Gasteiger partial charge in [0.25, 0.3) is 5.91 Å². The van der Waals surface area contributed by atoms with Crippen LogP contribution < -0.4 is 0 Å². The van der Waals surface area contributed by atoms with Crippen molar-refractivity contribution < 1.29 is 4.79 Å². The molecule has 13 heavy (non-hydrogen) atoms. The summed E-state index contributed by atoms with van der Waals surface area (Å²) in [5.41, 5.74) is 1.16. The molecule has 64 valence electrons. The molecule has 0 saturated heterocycles. The third-order valence-corrected chi connectivity index (χ3v) is 2.02. The Morgan fingerprint density at radius 1 is 1.15 bits per heavy atom. The van der Waals surface area contributed by atoms with Gasteiger partial charge in [0.15, 0.2) is 0 Å². The van der Waals surface area contributed by atoms with Gasteiger partial charge in [-0.2, -0.15) is 0 Å². The standard InChI is InChI=1S/C11H9NO/c13-11-6-5-9-3-1-2-4-10(9)7-8-12-11/h1-9H/b6-5-,10-7-,12-8?. The summed E-state index contributed by atoms with van der Waals surface area (Å²) in [4.78, 5) is 14.6. The zero-order valence-corrected chi connectivity index (χ0v) is 7.05. The Morgan fingerprint density at radius 3 is 3.00 bits per heavy atom. The van der Waals surface area contributed by atoms with Crippen molar-refractivity contribution in [1.82, 2.24) is 0 Å². The van der Waals surface area contributed by atoms with E-state index in [0.717, 1.165) is 5.57 Å². The van der Waals surface area contributed by atoms with Gasteiger partial charge in [0.1, 0.15) is 0 Å². The maximum Gasteiger partial charge on any atom is 0.269 e. The van der Waals surface area contributed by atoms with Gasteiger partial charge in [-0.05, 0) is 11.6 Å². The van der Waals surface area contributed by atoms with Crippen LogP contribution in [0.15, 0.2) is 53.1 Å². The predicted octanol–water partition coefficient (Wildman–Crippen LogP) is 1.82. The fourth-order valence-electron chi connectivity index (χ4n) is 1.34. The first kappa shape index (κ1) is 7.92. The molecule has 2 heteroatoms. The number of carbonyl (C=O) groups excluding carboxylic acids is 1. The van der Waals surface area contributed by atoms with Crippen LogP contribution >= 0.6 is 0 Å². The van der Waals surface area contributed by atoms with Crippen molar-refractivity contribution in [1.29, 1.82) is 0 Å². The summed E-state index contributed by atoms with van der Waals surface area (Å²) in [6, 6.07) is 0. The Hall–Kier alpha value is -1.70. The topological polar surface area (TPSA) is 29.4 Å². The van der Waals surface area contributed by atoms with E-state index < -0.39 is 0 Å². The number of nitrogens with zero attached hydrogens (tertiary/aromatic N) is 1. The van der Waals surface area contributed by atoms with Crippen LogP contribution in [0.1, 0.15) is 0 Å². The molecule has 0 saturated carbocycles. The molecular weight excluding hydrogens is 162 g/mol. The van der Waals surface area contributed by atoms with Crippen molar-refractivity contribution in [2.75, 3.05) is 0 Å². The molecule has 1 heterocycles. The van der Waals surface area contributed by atoms with E-state index in [1.807, 2.05) is 30.4 Å². The fraction of sp³-hybridized carbons (Fsp3) is 0.0909. The van der Waals surface area contributed by atoms with Gasteiger partial charge in [-0.1, -0.05) is 30.4 Å². The molecule has 1 aliphatic heterocycles. The first-order valence-corrected chi connectivity index (χ1v) is 4.17. The molecule has 0 aromatic carbocycles. The van der Waals surface area contributed by atoms with Crippen LogP contribution in [0.25, 0.3) is 0 Å². The highest BCUT2D eigenvalue weighted by Gasteiger charge is 2.08. The van der Waals surface area contributed by atoms with Gasteiger partial charge in [-0.25, -0.2) is 4.99 Å². The number of carbonyl (C=O) groups is 1. The number of hydrogen-bond acceptors (Lipinski definition) is 1. The molecule has 2 aliphatic rings. The van der Waals surface area contributed by atoms with Crippen LogP contribution in [-0.4, -0.2) is 12.1 Å². The van der Waals surface area contributed by atoms with Gasteiger partial charge < -0.3 is 0 Å².